The second-order valence-electron chi connectivity index (χ2n) is 5.02. The third-order valence-electron chi connectivity index (χ3n) is 3.56. The van der Waals surface area contributed by atoms with E-state index in [0.29, 0.717) is 18.2 Å². The molecular weight excluding hydrogens is 308 g/mol. The van der Waals surface area contributed by atoms with Crippen molar-refractivity contribution in [3.05, 3.63) is 34.9 Å². The zero-order valence-electron chi connectivity index (χ0n) is 12.5. The first kappa shape index (κ1) is 16.7. The minimum atomic E-state index is -0.763. The van der Waals surface area contributed by atoms with Gasteiger partial charge in [0, 0.05) is 25.7 Å². The standard InChI is InChI=1S/C15H19ClN2O4/c1-18-12(19)9-22-14(15(20)17-7-8-21-2)13(18)10-3-5-11(16)6-4-10/h3-6,13-14H,7-9H2,1-2H3,(H,17,20)/t13-,14+/m1/s1. The molecule has 22 heavy (non-hydrogen) atoms. The van der Waals surface area contributed by atoms with Crippen LogP contribution in [0.2, 0.25) is 5.02 Å². The number of hydrogen-bond acceptors (Lipinski definition) is 4. The molecule has 6 nitrogen and oxygen atoms in total. The normalized spacial score (nSPS) is 21.8. The lowest BCUT2D eigenvalue weighted by molar-refractivity contribution is -0.162. The van der Waals surface area contributed by atoms with Crippen LogP contribution in [0.1, 0.15) is 11.6 Å². The summed E-state index contributed by atoms with van der Waals surface area (Å²) in [4.78, 5) is 25.8. The predicted octanol–water partition coefficient (Wildman–Crippen LogP) is 1.00. The molecule has 1 aromatic carbocycles. The van der Waals surface area contributed by atoms with Crippen molar-refractivity contribution >= 4 is 23.4 Å². The maximum absolute atomic E-state index is 12.3. The molecule has 0 spiro atoms. The number of hydrogen-bond donors (Lipinski definition) is 1. The number of methoxy groups -OCH3 is 1. The molecule has 2 amide bonds. The number of rotatable bonds is 5. The summed E-state index contributed by atoms with van der Waals surface area (Å²) in [5, 5.41) is 3.34. The van der Waals surface area contributed by atoms with Gasteiger partial charge in [0.2, 0.25) is 5.91 Å². The Hall–Kier alpha value is -1.63. The van der Waals surface area contributed by atoms with Gasteiger partial charge >= 0.3 is 0 Å². The zero-order chi connectivity index (χ0) is 16.1. The minimum absolute atomic E-state index is 0.108. The molecule has 0 saturated carbocycles. The molecule has 1 fully saturated rings. The molecule has 2 rings (SSSR count). The highest BCUT2D eigenvalue weighted by Crippen LogP contribution is 2.29. The van der Waals surface area contributed by atoms with Gasteiger partial charge in [0.1, 0.15) is 6.61 Å². The van der Waals surface area contributed by atoms with E-state index in [1.54, 1.807) is 38.4 Å². The van der Waals surface area contributed by atoms with E-state index in [0.717, 1.165) is 5.56 Å². The van der Waals surface area contributed by atoms with Crippen LogP contribution in [0.15, 0.2) is 24.3 Å². The lowest BCUT2D eigenvalue weighted by Gasteiger charge is -2.38. The van der Waals surface area contributed by atoms with Crippen LogP contribution in [0, 0.1) is 0 Å². The number of carbonyl (C=O) groups excluding carboxylic acids is 2. The van der Waals surface area contributed by atoms with Gasteiger partial charge in [0.05, 0.1) is 12.6 Å². The second kappa shape index (κ2) is 7.58. The van der Waals surface area contributed by atoms with Gasteiger partial charge in [-0.25, -0.2) is 0 Å². The molecular formula is C15H19ClN2O4. The molecule has 0 unspecified atom stereocenters. The number of nitrogens with zero attached hydrogens (tertiary/aromatic N) is 1. The average Bonchev–Trinajstić information content (AvgIpc) is 2.51. The van der Waals surface area contributed by atoms with Crippen molar-refractivity contribution in [2.75, 3.05) is 33.9 Å². The van der Waals surface area contributed by atoms with E-state index < -0.39 is 12.1 Å². The van der Waals surface area contributed by atoms with E-state index in [9.17, 15) is 9.59 Å². The first-order chi connectivity index (χ1) is 10.5. The molecule has 1 saturated heterocycles. The number of amides is 2. The largest absolute Gasteiger partial charge is 0.383 e. The van der Waals surface area contributed by atoms with Gasteiger partial charge < -0.3 is 19.7 Å². The van der Waals surface area contributed by atoms with Gasteiger partial charge in [-0.15, -0.1) is 0 Å². The highest BCUT2D eigenvalue weighted by Gasteiger charge is 2.39. The number of nitrogens with one attached hydrogen (secondary N) is 1. The Morgan fingerprint density at radius 2 is 2.14 bits per heavy atom. The number of ether oxygens (including phenoxy) is 2. The fourth-order valence-corrected chi connectivity index (χ4v) is 2.49. The van der Waals surface area contributed by atoms with Gasteiger partial charge in [-0.2, -0.15) is 0 Å². The predicted molar refractivity (Wildman–Crippen MR) is 81.6 cm³/mol. The van der Waals surface area contributed by atoms with Crippen molar-refractivity contribution in [2.24, 2.45) is 0 Å². The summed E-state index contributed by atoms with van der Waals surface area (Å²) in [5.41, 5.74) is 0.798. The first-order valence-electron chi connectivity index (χ1n) is 6.94. The van der Waals surface area contributed by atoms with E-state index in [4.69, 9.17) is 21.1 Å². The summed E-state index contributed by atoms with van der Waals surface area (Å²) in [5.74, 6) is -0.433. The number of morpholine rings is 1. The Morgan fingerprint density at radius 1 is 1.45 bits per heavy atom. The van der Waals surface area contributed by atoms with Gasteiger partial charge in [-0.1, -0.05) is 23.7 Å². The minimum Gasteiger partial charge on any atom is -0.383 e. The van der Waals surface area contributed by atoms with Crippen molar-refractivity contribution < 1.29 is 19.1 Å². The summed E-state index contributed by atoms with van der Waals surface area (Å²) >= 11 is 5.89. The number of carbonyl (C=O) groups is 2. The van der Waals surface area contributed by atoms with Crippen LogP contribution < -0.4 is 5.32 Å². The van der Waals surface area contributed by atoms with Crippen molar-refractivity contribution in [3.8, 4) is 0 Å². The second-order valence-corrected chi connectivity index (χ2v) is 5.45. The summed E-state index contributed by atoms with van der Waals surface area (Å²) in [7, 11) is 3.23. The van der Waals surface area contributed by atoms with Crippen LogP contribution >= 0.6 is 11.6 Å². The monoisotopic (exact) mass is 326 g/mol. The van der Waals surface area contributed by atoms with Crippen molar-refractivity contribution in [3.63, 3.8) is 0 Å². The van der Waals surface area contributed by atoms with Gasteiger partial charge in [0.15, 0.2) is 6.10 Å². The lowest BCUT2D eigenvalue weighted by atomic mass is 9.97. The van der Waals surface area contributed by atoms with Crippen LogP contribution in [0.25, 0.3) is 0 Å². The quantitative estimate of drug-likeness (QED) is 0.820. The third-order valence-corrected chi connectivity index (χ3v) is 3.81. The summed E-state index contributed by atoms with van der Waals surface area (Å²) in [6.07, 6.45) is -0.763. The number of benzene rings is 1. The molecule has 1 aliphatic heterocycles. The van der Waals surface area contributed by atoms with E-state index in [-0.39, 0.29) is 18.4 Å². The highest BCUT2D eigenvalue weighted by atomic mass is 35.5. The Bertz CT molecular complexity index is 535. The Morgan fingerprint density at radius 3 is 2.77 bits per heavy atom. The van der Waals surface area contributed by atoms with Crippen LogP contribution in [0.5, 0.6) is 0 Å². The third kappa shape index (κ3) is 3.76. The van der Waals surface area contributed by atoms with Crippen LogP contribution in [-0.4, -0.2) is 56.7 Å². The topological polar surface area (TPSA) is 67.9 Å². The molecule has 0 bridgehead atoms. The highest BCUT2D eigenvalue weighted by molar-refractivity contribution is 6.30. The number of likely N-dealkylation sites (N-methyl/N-ethyl adjacent to an activating group) is 1. The first-order valence-corrected chi connectivity index (χ1v) is 7.31. The Labute approximate surface area is 134 Å². The summed E-state index contributed by atoms with van der Waals surface area (Å²) < 4.78 is 10.4. The van der Waals surface area contributed by atoms with Gasteiger partial charge in [0.25, 0.3) is 5.91 Å². The van der Waals surface area contributed by atoms with Crippen molar-refractivity contribution in [1.29, 1.82) is 0 Å². The molecule has 2 atom stereocenters. The lowest BCUT2D eigenvalue weighted by Crippen LogP contribution is -2.53. The Balaban J connectivity index is 2.20. The molecule has 0 aliphatic carbocycles. The van der Waals surface area contributed by atoms with Crippen LogP contribution in [0.3, 0.4) is 0 Å². The molecule has 7 heteroatoms. The van der Waals surface area contributed by atoms with Crippen LogP contribution in [-0.2, 0) is 19.1 Å². The maximum atomic E-state index is 12.3. The Kier molecular flexibility index (Phi) is 5.76. The van der Waals surface area contributed by atoms with Crippen molar-refractivity contribution in [1.82, 2.24) is 10.2 Å². The average molecular weight is 327 g/mol. The zero-order valence-corrected chi connectivity index (χ0v) is 13.3. The maximum Gasteiger partial charge on any atom is 0.251 e. The van der Waals surface area contributed by atoms with Gasteiger partial charge in [-0.3, -0.25) is 9.59 Å². The molecule has 1 heterocycles. The summed E-state index contributed by atoms with van der Waals surface area (Å²) in [6, 6.07) is 6.55. The smallest absolute Gasteiger partial charge is 0.251 e. The number of halogens is 1. The molecule has 0 aromatic heterocycles. The molecule has 1 aliphatic rings. The molecule has 120 valence electrons. The summed E-state index contributed by atoms with van der Waals surface area (Å²) in [6.45, 7) is 0.696. The fourth-order valence-electron chi connectivity index (χ4n) is 2.37. The fraction of sp³-hybridized carbons (Fsp3) is 0.467. The molecule has 1 aromatic rings. The van der Waals surface area contributed by atoms with E-state index in [2.05, 4.69) is 5.32 Å². The van der Waals surface area contributed by atoms with Crippen LogP contribution in [0.4, 0.5) is 0 Å². The molecule has 0 radical (unpaired) electrons. The van der Waals surface area contributed by atoms with E-state index in [1.807, 2.05) is 0 Å². The molecule has 1 N–H and O–H groups in total. The van der Waals surface area contributed by atoms with Gasteiger partial charge in [-0.05, 0) is 17.7 Å². The van der Waals surface area contributed by atoms with Crippen molar-refractivity contribution in [2.45, 2.75) is 12.1 Å². The van der Waals surface area contributed by atoms with E-state index >= 15 is 0 Å². The SMILES string of the molecule is COCCNC(=O)[C@H]1OCC(=O)N(C)[C@@H]1c1ccc(Cl)cc1. The van der Waals surface area contributed by atoms with E-state index in [1.165, 1.54) is 4.90 Å².